The first-order chi connectivity index (χ1) is 13.9. The molecule has 0 aliphatic heterocycles. The maximum Gasteiger partial charge on any atom is 0.165 e. The average Bonchev–Trinajstić information content (AvgIpc) is 2.71. The largest absolute Gasteiger partial charge is 0.454 e. The van der Waals surface area contributed by atoms with Gasteiger partial charge in [-0.05, 0) is 65.9 Å². The molecule has 0 spiro atoms. The summed E-state index contributed by atoms with van der Waals surface area (Å²) < 4.78 is 34.8. The molecule has 0 fully saturated rings. The Bertz CT molecular complexity index is 966. The molecular formula is C25H23ClF2O. The van der Waals surface area contributed by atoms with Crippen molar-refractivity contribution in [1.82, 2.24) is 0 Å². The Kier molecular flexibility index (Phi) is 7.05. The van der Waals surface area contributed by atoms with Gasteiger partial charge in [-0.25, -0.2) is 8.78 Å². The number of hydrogen-bond donors (Lipinski definition) is 0. The van der Waals surface area contributed by atoms with Crippen molar-refractivity contribution in [2.75, 3.05) is 0 Å². The topological polar surface area (TPSA) is 9.23 Å². The zero-order valence-corrected chi connectivity index (χ0v) is 17.2. The molecule has 0 aliphatic rings. The molecule has 0 aromatic heterocycles. The molecule has 3 aromatic rings. The highest BCUT2D eigenvalue weighted by Crippen LogP contribution is 2.34. The Hall–Kier alpha value is -2.65. The van der Waals surface area contributed by atoms with E-state index in [1.807, 2.05) is 44.2 Å². The number of hydrogen-bond acceptors (Lipinski definition) is 1. The third-order valence-electron chi connectivity index (χ3n) is 4.69. The molecule has 4 heteroatoms. The van der Waals surface area contributed by atoms with Crippen molar-refractivity contribution < 1.29 is 13.5 Å². The summed E-state index contributed by atoms with van der Waals surface area (Å²) in [6.45, 7) is 3.97. The summed E-state index contributed by atoms with van der Waals surface area (Å²) >= 11 is 5.95. The number of ether oxygens (including phenoxy) is 1. The molecule has 29 heavy (non-hydrogen) atoms. The van der Waals surface area contributed by atoms with Crippen LogP contribution in [-0.2, 0) is 6.42 Å². The molecule has 150 valence electrons. The Morgan fingerprint density at radius 2 is 1.69 bits per heavy atom. The molecule has 1 unspecified atom stereocenters. The van der Waals surface area contributed by atoms with E-state index in [1.54, 1.807) is 42.5 Å². The molecule has 0 N–H and O–H groups in total. The van der Waals surface area contributed by atoms with Crippen LogP contribution in [0.4, 0.5) is 8.78 Å². The van der Waals surface area contributed by atoms with Gasteiger partial charge in [-0.3, -0.25) is 0 Å². The van der Waals surface area contributed by atoms with E-state index < -0.39 is 5.82 Å². The molecule has 0 aliphatic carbocycles. The lowest BCUT2D eigenvalue weighted by Crippen LogP contribution is -2.08. The smallest absolute Gasteiger partial charge is 0.165 e. The van der Waals surface area contributed by atoms with Gasteiger partial charge in [0.15, 0.2) is 11.6 Å². The van der Waals surface area contributed by atoms with Crippen LogP contribution in [0.3, 0.4) is 0 Å². The quantitative estimate of drug-likeness (QED) is 0.380. The predicted molar refractivity (Wildman–Crippen MR) is 115 cm³/mol. The zero-order valence-electron chi connectivity index (χ0n) is 16.4. The molecule has 0 saturated heterocycles. The molecule has 3 rings (SSSR count). The highest BCUT2D eigenvalue weighted by molar-refractivity contribution is 6.30. The van der Waals surface area contributed by atoms with Crippen molar-refractivity contribution in [1.29, 1.82) is 0 Å². The van der Waals surface area contributed by atoms with Crippen LogP contribution in [0.25, 0.3) is 0 Å². The highest BCUT2D eigenvalue weighted by Gasteiger charge is 2.20. The second kappa shape index (κ2) is 9.71. The van der Waals surface area contributed by atoms with E-state index in [4.69, 9.17) is 16.3 Å². The van der Waals surface area contributed by atoms with Gasteiger partial charge in [-0.15, -0.1) is 0 Å². The SMILES string of the molecule is CC(C)C(/C(F)=C/Cc1ccc(F)c(Oc2ccccc2)c1)c1ccc(Cl)cc1. The Morgan fingerprint density at radius 1 is 1.00 bits per heavy atom. The van der Waals surface area contributed by atoms with Crippen LogP contribution in [-0.4, -0.2) is 0 Å². The Balaban J connectivity index is 1.78. The lowest BCUT2D eigenvalue weighted by molar-refractivity contribution is 0.441. The molecule has 0 bridgehead atoms. The average molecular weight is 413 g/mol. The molecular weight excluding hydrogens is 390 g/mol. The van der Waals surface area contributed by atoms with E-state index >= 15 is 4.39 Å². The van der Waals surface area contributed by atoms with Crippen molar-refractivity contribution in [3.8, 4) is 11.5 Å². The van der Waals surface area contributed by atoms with Gasteiger partial charge in [0, 0.05) is 10.9 Å². The minimum absolute atomic E-state index is 0.0811. The summed E-state index contributed by atoms with van der Waals surface area (Å²) in [5.74, 6) is -0.265. The van der Waals surface area contributed by atoms with Gasteiger partial charge < -0.3 is 4.74 Å². The third kappa shape index (κ3) is 5.68. The van der Waals surface area contributed by atoms with E-state index in [2.05, 4.69) is 0 Å². The standard InChI is InChI=1S/C25H23ClF2O/c1-17(2)25(19-10-12-20(26)13-11-19)23(28)15-9-18-8-14-22(27)24(16-18)29-21-6-4-3-5-7-21/h3-8,10-17,25H,9H2,1-2H3/b23-15-. The fourth-order valence-corrected chi connectivity index (χ4v) is 3.37. The number of benzene rings is 3. The molecule has 3 aromatic carbocycles. The van der Waals surface area contributed by atoms with Crippen LogP contribution in [0, 0.1) is 11.7 Å². The molecule has 1 nitrogen and oxygen atoms in total. The molecule has 1 atom stereocenters. The maximum atomic E-state index is 15.0. The normalized spacial score (nSPS) is 12.8. The van der Waals surface area contributed by atoms with Gasteiger partial charge in [0.2, 0.25) is 0 Å². The minimum Gasteiger partial charge on any atom is -0.454 e. The lowest BCUT2D eigenvalue weighted by atomic mass is 9.87. The zero-order chi connectivity index (χ0) is 20.8. The second-order valence-corrected chi connectivity index (χ2v) is 7.68. The summed E-state index contributed by atoms with van der Waals surface area (Å²) in [6, 6.07) is 20.8. The van der Waals surface area contributed by atoms with E-state index in [0.717, 1.165) is 11.1 Å². The predicted octanol–water partition coefficient (Wildman–Crippen LogP) is 8.11. The number of para-hydroxylation sites is 1. The lowest BCUT2D eigenvalue weighted by Gasteiger charge is -2.20. The van der Waals surface area contributed by atoms with Crippen LogP contribution >= 0.6 is 11.6 Å². The fraction of sp³-hybridized carbons (Fsp3) is 0.200. The molecule has 0 radical (unpaired) electrons. The molecule has 0 amide bonds. The Labute approximate surface area is 175 Å². The highest BCUT2D eigenvalue weighted by atomic mass is 35.5. The summed E-state index contributed by atoms with van der Waals surface area (Å²) in [5.41, 5.74) is 1.65. The van der Waals surface area contributed by atoms with Crippen LogP contribution in [0.2, 0.25) is 5.02 Å². The summed E-state index contributed by atoms with van der Waals surface area (Å²) in [6.07, 6.45) is 1.90. The number of rotatable bonds is 7. The van der Waals surface area contributed by atoms with Crippen molar-refractivity contribution >= 4 is 11.6 Å². The van der Waals surface area contributed by atoms with Gasteiger partial charge in [0.05, 0.1) is 0 Å². The van der Waals surface area contributed by atoms with Crippen molar-refractivity contribution in [2.24, 2.45) is 5.92 Å². The van der Waals surface area contributed by atoms with Crippen LogP contribution in [0.15, 0.2) is 84.7 Å². The van der Waals surface area contributed by atoms with Crippen LogP contribution in [0.1, 0.15) is 30.9 Å². The number of halogens is 3. The maximum absolute atomic E-state index is 15.0. The van der Waals surface area contributed by atoms with Crippen molar-refractivity contribution in [2.45, 2.75) is 26.2 Å². The monoisotopic (exact) mass is 412 g/mol. The summed E-state index contributed by atoms with van der Waals surface area (Å²) in [5, 5.41) is 0.623. The molecule has 0 heterocycles. The van der Waals surface area contributed by atoms with Crippen molar-refractivity contribution in [3.05, 3.63) is 107 Å². The van der Waals surface area contributed by atoms with Crippen LogP contribution < -0.4 is 4.74 Å². The summed E-state index contributed by atoms with van der Waals surface area (Å²) in [4.78, 5) is 0. The van der Waals surface area contributed by atoms with Gasteiger partial charge in [-0.2, -0.15) is 0 Å². The van der Waals surface area contributed by atoms with E-state index in [1.165, 1.54) is 6.07 Å². The third-order valence-corrected chi connectivity index (χ3v) is 4.94. The van der Waals surface area contributed by atoms with E-state index in [-0.39, 0.29) is 23.4 Å². The molecule has 0 saturated carbocycles. The van der Waals surface area contributed by atoms with E-state index in [9.17, 15) is 4.39 Å². The van der Waals surface area contributed by atoms with Gasteiger partial charge in [0.1, 0.15) is 11.6 Å². The minimum atomic E-state index is -0.455. The van der Waals surface area contributed by atoms with Crippen molar-refractivity contribution in [3.63, 3.8) is 0 Å². The Morgan fingerprint density at radius 3 is 2.34 bits per heavy atom. The van der Waals surface area contributed by atoms with Crippen LogP contribution in [0.5, 0.6) is 11.5 Å². The fourth-order valence-electron chi connectivity index (χ4n) is 3.24. The van der Waals surface area contributed by atoms with Gasteiger partial charge in [0.25, 0.3) is 0 Å². The second-order valence-electron chi connectivity index (χ2n) is 7.25. The first kappa shape index (κ1) is 21.1. The number of allylic oxidation sites excluding steroid dienone is 2. The van der Waals surface area contributed by atoms with Gasteiger partial charge in [-0.1, -0.05) is 61.8 Å². The first-order valence-corrected chi connectivity index (χ1v) is 9.94. The first-order valence-electron chi connectivity index (χ1n) is 9.56. The summed E-state index contributed by atoms with van der Waals surface area (Å²) in [7, 11) is 0. The van der Waals surface area contributed by atoms with E-state index in [0.29, 0.717) is 17.2 Å². The van der Waals surface area contributed by atoms with Gasteiger partial charge >= 0.3 is 0 Å².